The summed E-state index contributed by atoms with van der Waals surface area (Å²) in [6, 6.07) is 15.8. The smallest absolute Gasteiger partial charge is 0.258 e. The van der Waals surface area contributed by atoms with E-state index in [0.717, 1.165) is 22.3 Å². The van der Waals surface area contributed by atoms with Gasteiger partial charge in [0, 0.05) is 11.4 Å². The van der Waals surface area contributed by atoms with Crippen LogP contribution in [0.5, 0.6) is 5.75 Å². The maximum Gasteiger partial charge on any atom is 0.258 e. The molecular weight excluding hydrogens is 302 g/mol. The van der Waals surface area contributed by atoms with Crippen molar-refractivity contribution in [3.05, 3.63) is 54.2 Å². The minimum Gasteiger partial charge on any atom is -0.484 e. The number of amides is 1. The van der Waals surface area contributed by atoms with E-state index in [1.807, 2.05) is 61.9 Å². The largest absolute Gasteiger partial charge is 0.484 e. The number of aromatic nitrogens is 2. The van der Waals surface area contributed by atoms with Crippen LogP contribution in [-0.2, 0) is 4.79 Å². The number of hydrogen-bond donors (Lipinski definition) is 1. The fraction of sp³-hybridized carbons (Fsp3) is 0.263. The van der Waals surface area contributed by atoms with Gasteiger partial charge < -0.3 is 10.1 Å². The summed E-state index contributed by atoms with van der Waals surface area (Å²) in [7, 11) is 0. The lowest BCUT2D eigenvalue weighted by Crippen LogP contribution is -2.34. The number of carbonyl (C=O) groups is 1. The highest BCUT2D eigenvalue weighted by Gasteiger charge is 2.09. The second-order valence-electron chi connectivity index (χ2n) is 6.02. The van der Waals surface area contributed by atoms with E-state index in [0.29, 0.717) is 5.75 Å². The van der Waals surface area contributed by atoms with Gasteiger partial charge in [-0.05, 0) is 51.1 Å². The van der Waals surface area contributed by atoms with Crippen LogP contribution in [0.4, 0.5) is 0 Å². The van der Waals surface area contributed by atoms with Crippen LogP contribution in [0.25, 0.3) is 16.6 Å². The van der Waals surface area contributed by atoms with E-state index < -0.39 is 0 Å². The molecule has 3 aromatic rings. The number of hydrogen-bond acceptors (Lipinski definition) is 3. The molecule has 2 aromatic carbocycles. The number of aryl methyl sites for hydroxylation is 1. The molecular formula is C19H21N3O2. The molecule has 24 heavy (non-hydrogen) atoms. The molecule has 1 heterocycles. The van der Waals surface area contributed by atoms with Gasteiger partial charge in [-0.2, -0.15) is 5.10 Å². The summed E-state index contributed by atoms with van der Waals surface area (Å²) in [6.07, 6.45) is 0. The molecule has 5 heteroatoms. The number of fused-ring (bicyclic) bond motifs is 1. The molecule has 0 aliphatic carbocycles. The highest BCUT2D eigenvalue weighted by atomic mass is 16.5. The van der Waals surface area contributed by atoms with Crippen LogP contribution in [0.3, 0.4) is 0 Å². The molecule has 1 N–H and O–H groups in total. The Morgan fingerprint density at radius 3 is 2.58 bits per heavy atom. The Bertz CT molecular complexity index is 851. The van der Waals surface area contributed by atoms with Crippen molar-refractivity contribution in [2.75, 3.05) is 6.61 Å². The Labute approximate surface area is 141 Å². The lowest BCUT2D eigenvalue weighted by Gasteiger charge is -2.10. The summed E-state index contributed by atoms with van der Waals surface area (Å²) in [6.45, 7) is 5.86. The Morgan fingerprint density at radius 2 is 1.88 bits per heavy atom. The van der Waals surface area contributed by atoms with Crippen molar-refractivity contribution in [3.63, 3.8) is 0 Å². The average Bonchev–Trinajstić information content (AvgIpc) is 2.90. The monoisotopic (exact) mass is 323 g/mol. The van der Waals surface area contributed by atoms with Gasteiger partial charge >= 0.3 is 0 Å². The van der Waals surface area contributed by atoms with Crippen molar-refractivity contribution in [1.29, 1.82) is 0 Å². The van der Waals surface area contributed by atoms with Crippen LogP contribution in [-0.4, -0.2) is 28.3 Å². The molecule has 0 spiro atoms. The van der Waals surface area contributed by atoms with Crippen molar-refractivity contribution in [1.82, 2.24) is 15.1 Å². The molecule has 3 rings (SSSR count). The quantitative estimate of drug-likeness (QED) is 0.784. The van der Waals surface area contributed by atoms with E-state index in [4.69, 9.17) is 4.74 Å². The molecule has 0 bridgehead atoms. The van der Waals surface area contributed by atoms with Crippen molar-refractivity contribution in [2.45, 2.75) is 26.8 Å². The zero-order chi connectivity index (χ0) is 17.1. The number of carbonyl (C=O) groups excluding carboxylic acids is 1. The van der Waals surface area contributed by atoms with Gasteiger partial charge in [0.1, 0.15) is 5.75 Å². The zero-order valence-electron chi connectivity index (χ0n) is 14.1. The van der Waals surface area contributed by atoms with Gasteiger partial charge in [-0.15, -0.1) is 0 Å². The molecule has 1 amide bonds. The van der Waals surface area contributed by atoms with Gasteiger partial charge in [0.05, 0.1) is 16.9 Å². The number of rotatable bonds is 5. The Balaban J connectivity index is 1.76. The summed E-state index contributed by atoms with van der Waals surface area (Å²) >= 11 is 0. The molecule has 0 atom stereocenters. The van der Waals surface area contributed by atoms with Crippen LogP contribution in [0.1, 0.15) is 19.5 Å². The third-order valence-corrected chi connectivity index (χ3v) is 3.67. The van der Waals surface area contributed by atoms with E-state index in [9.17, 15) is 4.79 Å². The minimum atomic E-state index is -0.122. The highest BCUT2D eigenvalue weighted by Crippen LogP contribution is 2.22. The van der Waals surface area contributed by atoms with E-state index in [-0.39, 0.29) is 18.6 Å². The third kappa shape index (κ3) is 3.40. The molecule has 0 saturated carbocycles. The third-order valence-electron chi connectivity index (χ3n) is 3.67. The van der Waals surface area contributed by atoms with Crippen LogP contribution in [0.15, 0.2) is 48.5 Å². The fourth-order valence-electron chi connectivity index (χ4n) is 2.61. The van der Waals surface area contributed by atoms with Gasteiger partial charge in [0.15, 0.2) is 6.61 Å². The number of ether oxygens (including phenoxy) is 1. The molecule has 0 aliphatic rings. The Morgan fingerprint density at radius 1 is 1.17 bits per heavy atom. The number of benzene rings is 2. The van der Waals surface area contributed by atoms with Crippen molar-refractivity contribution in [2.24, 2.45) is 0 Å². The molecule has 0 unspecified atom stereocenters. The van der Waals surface area contributed by atoms with Crippen molar-refractivity contribution in [3.8, 4) is 11.4 Å². The molecule has 0 aliphatic heterocycles. The molecule has 0 fully saturated rings. The van der Waals surface area contributed by atoms with Gasteiger partial charge in [-0.1, -0.05) is 18.2 Å². The number of nitrogens with zero attached hydrogens (tertiary/aromatic N) is 2. The van der Waals surface area contributed by atoms with Crippen molar-refractivity contribution >= 4 is 16.8 Å². The molecule has 0 radical (unpaired) electrons. The van der Waals surface area contributed by atoms with E-state index in [2.05, 4.69) is 22.5 Å². The predicted molar refractivity (Wildman–Crippen MR) is 94.6 cm³/mol. The summed E-state index contributed by atoms with van der Waals surface area (Å²) in [5, 5.41) is 8.55. The van der Waals surface area contributed by atoms with Crippen LogP contribution >= 0.6 is 0 Å². The first kappa shape index (κ1) is 16.1. The maximum absolute atomic E-state index is 11.6. The van der Waals surface area contributed by atoms with Gasteiger partial charge in [0.2, 0.25) is 0 Å². The van der Waals surface area contributed by atoms with Gasteiger partial charge in [0.25, 0.3) is 5.91 Å². The highest BCUT2D eigenvalue weighted by molar-refractivity contribution is 5.83. The lowest BCUT2D eigenvalue weighted by molar-refractivity contribution is -0.123. The van der Waals surface area contributed by atoms with Crippen LogP contribution in [0, 0.1) is 6.92 Å². The first-order valence-electron chi connectivity index (χ1n) is 8.01. The normalized spacial score (nSPS) is 11.0. The zero-order valence-corrected chi connectivity index (χ0v) is 14.1. The molecule has 5 nitrogen and oxygen atoms in total. The molecule has 1 aromatic heterocycles. The summed E-state index contributed by atoms with van der Waals surface area (Å²) in [5.41, 5.74) is 3.02. The van der Waals surface area contributed by atoms with E-state index >= 15 is 0 Å². The van der Waals surface area contributed by atoms with Crippen LogP contribution in [0.2, 0.25) is 0 Å². The summed E-state index contributed by atoms with van der Waals surface area (Å²) in [5.74, 6) is 0.536. The van der Waals surface area contributed by atoms with Gasteiger partial charge in [-0.25, -0.2) is 4.68 Å². The Hall–Kier alpha value is -2.82. The van der Waals surface area contributed by atoms with Crippen LogP contribution < -0.4 is 10.1 Å². The van der Waals surface area contributed by atoms with Crippen molar-refractivity contribution < 1.29 is 9.53 Å². The number of nitrogens with one attached hydrogen (secondary N) is 1. The summed E-state index contributed by atoms with van der Waals surface area (Å²) < 4.78 is 7.43. The topological polar surface area (TPSA) is 56.2 Å². The predicted octanol–water partition coefficient (Wildman–Crippen LogP) is 3.24. The lowest BCUT2D eigenvalue weighted by atomic mass is 10.2. The minimum absolute atomic E-state index is 0.0152. The SMILES string of the molecule is Cc1nn(-c2ccc(OCC(=O)NC(C)C)cc2)c2ccccc12. The second-order valence-corrected chi connectivity index (χ2v) is 6.02. The Kier molecular flexibility index (Phi) is 4.51. The second kappa shape index (κ2) is 6.74. The maximum atomic E-state index is 11.6. The molecule has 124 valence electrons. The average molecular weight is 323 g/mol. The number of para-hydroxylation sites is 1. The fourth-order valence-corrected chi connectivity index (χ4v) is 2.61. The van der Waals surface area contributed by atoms with E-state index in [1.54, 1.807) is 0 Å². The first-order chi connectivity index (χ1) is 11.5. The van der Waals surface area contributed by atoms with Gasteiger partial charge in [-0.3, -0.25) is 4.79 Å². The first-order valence-corrected chi connectivity index (χ1v) is 8.01. The van der Waals surface area contributed by atoms with E-state index in [1.165, 1.54) is 0 Å². The standard InChI is InChI=1S/C19H21N3O2/c1-13(2)20-19(23)12-24-16-10-8-15(9-11-16)22-18-7-5-4-6-17(18)14(3)21-22/h4-11,13H,12H2,1-3H3,(H,20,23). The summed E-state index contributed by atoms with van der Waals surface area (Å²) in [4.78, 5) is 11.6. The molecule has 0 saturated heterocycles.